The number of nitrogens with zero attached hydrogens (tertiary/aromatic N) is 3. The molecule has 0 bridgehead atoms. The Labute approximate surface area is 194 Å². The summed E-state index contributed by atoms with van der Waals surface area (Å²) in [5, 5.41) is 3.54. The molecule has 6 nitrogen and oxygen atoms in total. The number of hydrogen-bond acceptors (Lipinski definition) is 3. The van der Waals surface area contributed by atoms with E-state index in [1.165, 1.54) is 5.69 Å². The van der Waals surface area contributed by atoms with E-state index in [-0.39, 0.29) is 29.9 Å². The summed E-state index contributed by atoms with van der Waals surface area (Å²) in [4.78, 5) is 20.7. The van der Waals surface area contributed by atoms with Gasteiger partial charge in [-0.05, 0) is 48.9 Å². The van der Waals surface area contributed by atoms with Crippen molar-refractivity contribution in [3.63, 3.8) is 0 Å². The summed E-state index contributed by atoms with van der Waals surface area (Å²) in [6.07, 6.45) is 0. The Morgan fingerprint density at radius 3 is 2.28 bits per heavy atom. The van der Waals surface area contributed by atoms with Crippen molar-refractivity contribution in [1.82, 2.24) is 10.2 Å². The van der Waals surface area contributed by atoms with Gasteiger partial charge in [-0.3, -0.25) is 4.79 Å². The summed E-state index contributed by atoms with van der Waals surface area (Å²) in [5.41, 5.74) is 9.04. The highest BCUT2D eigenvalue weighted by atomic mass is 127. The van der Waals surface area contributed by atoms with Crippen LogP contribution in [0.25, 0.3) is 0 Å². The molecule has 1 fully saturated rings. The largest absolute Gasteiger partial charge is 0.370 e. The SMILES string of the molecule is CCNC(=O)c1ccc(CN=C(N)N2CCN(c3ccc(Cl)cc3)CC2)cc1.I. The summed E-state index contributed by atoms with van der Waals surface area (Å²) < 4.78 is 0. The van der Waals surface area contributed by atoms with Gasteiger partial charge in [0.25, 0.3) is 5.91 Å². The van der Waals surface area contributed by atoms with Crippen LogP contribution in [-0.4, -0.2) is 49.5 Å². The molecule has 156 valence electrons. The Kier molecular flexibility index (Phi) is 9.03. The second-order valence-electron chi connectivity index (χ2n) is 6.68. The zero-order valence-electron chi connectivity index (χ0n) is 16.5. The van der Waals surface area contributed by atoms with Crippen molar-refractivity contribution in [2.45, 2.75) is 13.5 Å². The maximum Gasteiger partial charge on any atom is 0.251 e. The molecule has 0 atom stereocenters. The highest BCUT2D eigenvalue weighted by molar-refractivity contribution is 14.0. The van der Waals surface area contributed by atoms with E-state index < -0.39 is 0 Å². The minimum Gasteiger partial charge on any atom is -0.370 e. The van der Waals surface area contributed by atoms with E-state index in [4.69, 9.17) is 17.3 Å². The zero-order valence-corrected chi connectivity index (χ0v) is 19.6. The fraction of sp³-hybridized carbons (Fsp3) is 0.333. The third kappa shape index (κ3) is 6.50. The predicted molar refractivity (Wildman–Crippen MR) is 130 cm³/mol. The molecule has 0 aromatic heterocycles. The van der Waals surface area contributed by atoms with Crippen LogP contribution >= 0.6 is 35.6 Å². The van der Waals surface area contributed by atoms with Gasteiger partial charge in [0.05, 0.1) is 6.54 Å². The van der Waals surface area contributed by atoms with E-state index in [2.05, 4.69) is 20.1 Å². The molecular weight excluding hydrogens is 501 g/mol. The quantitative estimate of drug-likeness (QED) is 0.355. The lowest BCUT2D eigenvalue weighted by Gasteiger charge is -2.36. The van der Waals surface area contributed by atoms with E-state index in [1.54, 1.807) is 0 Å². The van der Waals surface area contributed by atoms with E-state index in [0.717, 1.165) is 36.8 Å². The van der Waals surface area contributed by atoms with Crippen molar-refractivity contribution in [1.29, 1.82) is 0 Å². The predicted octanol–water partition coefficient (Wildman–Crippen LogP) is 3.34. The Hall–Kier alpha value is -2.00. The molecular formula is C21H27ClIN5O. The van der Waals surface area contributed by atoms with Crippen LogP contribution in [-0.2, 0) is 6.54 Å². The fourth-order valence-corrected chi connectivity index (χ4v) is 3.27. The molecule has 1 aliphatic heterocycles. The van der Waals surface area contributed by atoms with Crippen LogP contribution in [0.5, 0.6) is 0 Å². The van der Waals surface area contributed by atoms with Gasteiger partial charge in [0, 0.05) is 49.0 Å². The molecule has 3 rings (SSSR count). The van der Waals surface area contributed by atoms with Gasteiger partial charge in [-0.2, -0.15) is 0 Å². The number of nitrogens with one attached hydrogen (secondary N) is 1. The Morgan fingerprint density at radius 2 is 1.69 bits per heavy atom. The van der Waals surface area contributed by atoms with Crippen LogP contribution in [0, 0.1) is 0 Å². The first-order valence-electron chi connectivity index (χ1n) is 9.49. The third-order valence-corrected chi connectivity index (χ3v) is 5.02. The smallest absolute Gasteiger partial charge is 0.251 e. The van der Waals surface area contributed by atoms with Crippen LogP contribution in [0.15, 0.2) is 53.5 Å². The van der Waals surface area contributed by atoms with E-state index in [1.807, 2.05) is 55.5 Å². The molecule has 2 aromatic rings. The van der Waals surface area contributed by atoms with Crippen molar-refractivity contribution >= 4 is 53.1 Å². The number of rotatable bonds is 5. The number of anilines is 1. The van der Waals surface area contributed by atoms with Gasteiger partial charge in [-0.25, -0.2) is 4.99 Å². The van der Waals surface area contributed by atoms with Crippen molar-refractivity contribution in [3.05, 3.63) is 64.7 Å². The standard InChI is InChI=1S/C21H26ClN5O.HI/c1-2-24-20(28)17-5-3-16(4-6-17)15-25-21(23)27-13-11-26(12-14-27)19-9-7-18(22)8-10-19;/h3-10H,2,11-15H2,1H3,(H2,23,25)(H,24,28);1H. The molecule has 0 aliphatic carbocycles. The molecule has 8 heteroatoms. The highest BCUT2D eigenvalue weighted by Crippen LogP contribution is 2.19. The van der Waals surface area contributed by atoms with Gasteiger partial charge >= 0.3 is 0 Å². The number of benzene rings is 2. The number of carbonyl (C=O) groups excluding carboxylic acids is 1. The average Bonchev–Trinajstić information content (AvgIpc) is 2.73. The highest BCUT2D eigenvalue weighted by Gasteiger charge is 2.18. The second-order valence-corrected chi connectivity index (χ2v) is 7.12. The molecule has 1 heterocycles. The van der Waals surface area contributed by atoms with Crippen molar-refractivity contribution in [2.75, 3.05) is 37.6 Å². The topological polar surface area (TPSA) is 74.0 Å². The van der Waals surface area contributed by atoms with Crippen LogP contribution in [0.1, 0.15) is 22.8 Å². The fourth-order valence-electron chi connectivity index (χ4n) is 3.14. The number of halogens is 2. The number of aliphatic imine (C=N–C) groups is 1. The summed E-state index contributed by atoms with van der Waals surface area (Å²) in [6.45, 7) is 6.45. The first-order chi connectivity index (χ1) is 13.6. The summed E-state index contributed by atoms with van der Waals surface area (Å²) in [5.74, 6) is 0.499. The van der Waals surface area contributed by atoms with Gasteiger partial charge < -0.3 is 20.9 Å². The van der Waals surface area contributed by atoms with Gasteiger partial charge in [0.15, 0.2) is 5.96 Å². The second kappa shape index (κ2) is 11.3. The number of nitrogens with two attached hydrogens (primary N) is 1. The Bertz CT molecular complexity index is 818. The number of piperazine rings is 1. The lowest BCUT2D eigenvalue weighted by molar-refractivity contribution is 0.0956. The molecule has 0 saturated carbocycles. The van der Waals surface area contributed by atoms with Crippen LogP contribution < -0.4 is 16.0 Å². The molecule has 0 radical (unpaired) electrons. The monoisotopic (exact) mass is 527 g/mol. The molecule has 29 heavy (non-hydrogen) atoms. The zero-order chi connectivity index (χ0) is 19.9. The lowest BCUT2D eigenvalue weighted by Crippen LogP contribution is -2.51. The van der Waals surface area contributed by atoms with Gasteiger partial charge in [0.1, 0.15) is 0 Å². The third-order valence-electron chi connectivity index (χ3n) is 4.77. The summed E-state index contributed by atoms with van der Waals surface area (Å²) in [7, 11) is 0. The van der Waals surface area contributed by atoms with E-state index >= 15 is 0 Å². The van der Waals surface area contributed by atoms with Crippen molar-refractivity contribution in [2.24, 2.45) is 10.7 Å². The van der Waals surface area contributed by atoms with Crippen LogP contribution in [0.3, 0.4) is 0 Å². The molecule has 3 N–H and O–H groups in total. The molecule has 1 amide bonds. The number of hydrogen-bond donors (Lipinski definition) is 2. The first kappa shape index (κ1) is 23.3. The van der Waals surface area contributed by atoms with Gasteiger partial charge in [-0.15, -0.1) is 24.0 Å². The number of carbonyl (C=O) groups is 1. The van der Waals surface area contributed by atoms with Crippen molar-refractivity contribution in [3.8, 4) is 0 Å². The van der Waals surface area contributed by atoms with Crippen LogP contribution in [0.2, 0.25) is 5.02 Å². The van der Waals surface area contributed by atoms with Gasteiger partial charge in [-0.1, -0.05) is 23.7 Å². The van der Waals surface area contributed by atoms with Gasteiger partial charge in [0.2, 0.25) is 0 Å². The molecule has 0 unspecified atom stereocenters. The van der Waals surface area contributed by atoms with Crippen LogP contribution in [0.4, 0.5) is 5.69 Å². The normalized spacial score (nSPS) is 14.3. The molecule has 2 aromatic carbocycles. The van der Waals surface area contributed by atoms with Crippen molar-refractivity contribution < 1.29 is 4.79 Å². The maximum absolute atomic E-state index is 11.8. The summed E-state index contributed by atoms with van der Waals surface area (Å²) in [6, 6.07) is 15.4. The minimum absolute atomic E-state index is 0. The first-order valence-corrected chi connectivity index (χ1v) is 9.87. The number of guanidine groups is 1. The van der Waals surface area contributed by atoms with E-state index in [9.17, 15) is 4.79 Å². The summed E-state index contributed by atoms with van der Waals surface area (Å²) >= 11 is 5.96. The molecule has 1 saturated heterocycles. The number of amides is 1. The minimum atomic E-state index is -0.0596. The molecule has 0 spiro atoms. The average molecular weight is 528 g/mol. The lowest BCUT2D eigenvalue weighted by atomic mass is 10.1. The Balaban J connectivity index is 0.00000300. The molecule has 1 aliphatic rings. The Morgan fingerprint density at radius 1 is 1.07 bits per heavy atom. The van der Waals surface area contributed by atoms with E-state index in [0.29, 0.717) is 24.6 Å². The maximum atomic E-state index is 11.8.